The molecular formula is C15H26N4O9S. The normalized spacial score (nSPS) is 15.9. The van der Waals surface area contributed by atoms with E-state index in [0.29, 0.717) is 0 Å². The number of aliphatic hydroxyl groups is 2. The van der Waals surface area contributed by atoms with Gasteiger partial charge in [-0.05, 0) is 13.3 Å². The summed E-state index contributed by atoms with van der Waals surface area (Å²) in [4.78, 5) is 58.3. The monoisotopic (exact) mass is 438 g/mol. The molecule has 14 heteroatoms. The van der Waals surface area contributed by atoms with Crippen LogP contribution < -0.4 is 21.7 Å². The van der Waals surface area contributed by atoms with Crippen molar-refractivity contribution >= 4 is 42.3 Å². The second kappa shape index (κ2) is 12.9. The average Bonchev–Trinajstić information content (AvgIpc) is 2.65. The lowest BCUT2D eigenvalue weighted by Gasteiger charge is -2.26. The first-order chi connectivity index (χ1) is 13.4. The van der Waals surface area contributed by atoms with E-state index in [2.05, 4.69) is 28.6 Å². The molecule has 5 unspecified atom stereocenters. The number of carboxylic acids is 2. The van der Waals surface area contributed by atoms with Crippen molar-refractivity contribution in [2.75, 3.05) is 12.4 Å². The first-order valence-corrected chi connectivity index (χ1v) is 9.08. The van der Waals surface area contributed by atoms with Crippen molar-refractivity contribution in [1.82, 2.24) is 16.0 Å². The molecule has 29 heavy (non-hydrogen) atoms. The van der Waals surface area contributed by atoms with E-state index < -0.39 is 73.0 Å². The molecular weight excluding hydrogens is 412 g/mol. The number of hydrogen-bond acceptors (Lipinski definition) is 9. The van der Waals surface area contributed by atoms with E-state index in [0.717, 1.165) is 6.92 Å². The fraction of sp³-hybridized carbons (Fsp3) is 0.667. The lowest BCUT2D eigenvalue weighted by atomic mass is 10.1. The lowest BCUT2D eigenvalue weighted by Crippen LogP contribution is -2.60. The van der Waals surface area contributed by atoms with Gasteiger partial charge in [0.15, 0.2) is 0 Å². The third-order valence-corrected chi connectivity index (χ3v) is 4.04. The fourth-order valence-corrected chi connectivity index (χ4v) is 2.25. The van der Waals surface area contributed by atoms with Gasteiger partial charge in [0.1, 0.15) is 24.2 Å². The van der Waals surface area contributed by atoms with Gasteiger partial charge < -0.3 is 42.1 Å². The summed E-state index contributed by atoms with van der Waals surface area (Å²) in [6.07, 6.45) is -2.34. The Morgan fingerprint density at radius 2 is 1.52 bits per heavy atom. The van der Waals surface area contributed by atoms with Gasteiger partial charge in [-0.3, -0.25) is 19.2 Å². The van der Waals surface area contributed by atoms with Crippen LogP contribution in [0.15, 0.2) is 0 Å². The van der Waals surface area contributed by atoms with Crippen LogP contribution >= 0.6 is 12.6 Å². The van der Waals surface area contributed by atoms with E-state index in [4.69, 9.17) is 21.1 Å². The number of nitrogens with one attached hydrogen (secondary N) is 3. The maximum absolute atomic E-state index is 12.5. The molecule has 0 radical (unpaired) electrons. The number of nitrogens with two attached hydrogens (primary N) is 1. The molecule has 0 saturated heterocycles. The van der Waals surface area contributed by atoms with E-state index in [1.165, 1.54) is 0 Å². The predicted molar refractivity (Wildman–Crippen MR) is 101 cm³/mol. The van der Waals surface area contributed by atoms with Crippen LogP contribution in [0.3, 0.4) is 0 Å². The van der Waals surface area contributed by atoms with Crippen LogP contribution in [0.2, 0.25) is 0 Å². The zero-order chi connectivity index (χ0) is 22.7. The van der Waals surface area contributed by atoms with Gasteiger partial charge in [-0.15, -0.1) is 0 Å². The molecule has 3 amide bonds. The molecule has 0 fully saturated rings. The highest BCUT2D eigenvalue weighted by Crippen LogP contribution is 2.03. The number of amides is 3. The fourth-order valence-electron chi connectivity index (χ4n) is 2.00. The van der Waals surface area contributed by atoms with Crippen LogP contribution in [0.25, 0.3) is 0 Å². The number of carbonyl (C=O) groups excluding carboxylic acids is 3. The molecule has 0 spiro atoms. The van der Waals surface area contributed by atoms with Gasteiger partial charge in [0, 0.05) is 12.2 Å². The molecule has 0 bridgehead atoms. The molecule has 0 aliphatic rings. The van der Waals surface area contributed by atoms with E-state index in [1.54, 1.807) is 0 Å². The molecule has 0 heterocycles. The molecule has 0 saturated carbocycles. The number of aliphatic hydroxyl groups excluding tert-OH is 2. The number of carbonyl (C=O) groups is 5. The topological polar surface area (TPSA) is 228 Å². The maximum Gasteiger partial charge on any atom is 0.327 e. The van der Waals surface area contributed by atoms with E-state index in [-0.39, 0.29) is 12.2 Å². The van der Waals surface area contributed by atoms with Gasteiger partial charge in [0.05, 0.1) is 12.7 Å². The molecule has 13 nitrogen and oxygen atoms in total. The van der Waals surface area contributed by atoms with Gasteiger partial charge >= 0.3 is 11.9 Å². The minimum Gasteiger partial charge on any atom is -0.481 e. The molecule has 0 aliphatic heterocycles. The zero-order valence-corrected chi connectivity index (χ0v) is 16.5. The SMILES string of the molecule is CC(O)C(NC(=O)C(CCC(=O)O)NC(=O)C(N)CO)C(=O)NC(CS)C(=O)O. The lowest BCUT2D eigenvalue weighted by molar-refractivity contribution is -0.142. The third-order valence-electron chi connectivity index (χ3n) is 3.67. The number of aliphatic carboxylic acids is 2. The Morgan fingerprint density at radius 3 is 1.93 bits per heavy atom. The second-order valence-corrected chi connectivity index (χ2v) is 6.46. The van der Waals surface area contributed by atoms with Crippen molar-refractivity contribution in [2.45, 2.75) is 50.0 Å². The minimum absolute atomic E-state index is 0.252. The molecule has 9 N–H and O–H groups in total. The van der Waals surface area contributed by atoms with E-state index in [1.807, 2.05) is 0 Å². The first-order valence-electron chi connectivity index (χ1n) is 8.45. The van der Waals surface area contributed by atoms with Crippen LogP contribution in [0.5, 0.6) is 0 Å². The van der Waals surface area contributed by atoms with Crippen molar-refractivity contribution in [3.63, 3.8) is 0 Å². The average molecular weight is 438 g/mol. The first kappa shape index (κ1) is 26.6. The van der Waals surface area contributed by atoms with Gasteiger partial charge in [0.25, 0.3) is 0 Å². The number of rotatable bonds is 13. The van der Waals surface area contributed by atoms with E-state index in [9.17, 15) is 29.1 Å². The Kier molecular flexibility index (Phi) is 11.8. The Bertz CT molecular complexity index is 617. The van der Waals surface area contributed by atoms with Crippen molar-refractivity contribution in [2.24, 2.45) is 5.73 Å². The summed E-state index contributed by atoms with van der Waals surface area (Å²) in [6, 6.07) is -5.78. The van der Waals surface area contributed by atoms with Crippen molar-refractivity contribution in [1.29, 1.82) is 0 Å². The molecule has 166 valence electrons. The summed E-state index contributed by atoms with van der Waals surface area (Å²) < 4.78 is 0. The van der Waals surface area contributed by atoms with Crippen molar-refractivity contribution in [3.8, 4) is 0 Å². The van der Waals surface area contributed by atoms with Crippen LogP contribution in [0.1, 0.15) is 19.8 Å². The number of thiol groups is 1. The third kappa shape index (κ3) is 9.56. The largest absolute Gasteiger partial charge is 0.481 e. The summed E-state index contributed by atoms with van der Waals surface area (Å²) in [5.41, 5.74) is 5.34. The Morgan fingerprint density at radius 1 is 0.966 bits per heavy atom. The maximum atomic E-state index is 12.5. The minimum atomic E-state index is -1.60. The summed E-state index contributed by atoms with van der Waals surface area (Å²) in [5.74, 6) is -5.86. The van der Waals surface area contributed by atoms with Gasteiger partial charge in [-0.1, -0.05) is 0 Å². The number of hydrogen-bond donors (Lipinski definition) is 9. The highest BCUT2D eigenvalue weighted by Gasteiger charge is 2.32. The zero-order valence-electron chi connectivity index (χ0n) is 15.6. The summed E-state index contributed by atoms with van der Waals surface area (Å²) in [6.45, 7) is 0.436. The highest BCUT2D eigenvalue weighted by atomic mass is 32.1. The van der Waals surface area contributed by atoms with Crippen molar-refractivity contribution < 1.29 is 44.4 Å². The Balaban J connectivity index is 5.34. The number of carboxylic acid groups (broad SMARTS) is 2. The summed E-state index contributed by atoms with van der Waals surface area (Å²) in [7, 11) is 0. The van der Waals surface area contributed by atoms with Gasteiger partial charge in [0.2, 0.25) is 17.7 Å². The molecule has 0 aliphatic carbocycles. The van der Waals surface area contributed by atoms with Gasteiger partial charge in [-0.2, -0.15) is 12.6 Å². The van der Waals surface area contributed by atoms with Gasteiger partial charge in [-0.25, -0.2) is 4.79 Å². The Labute approximate surface area is 171 Å². The molecule has 0 aromatic rings. The molecule has 0 rings (SSSR count). The van der Waals surface area contributed by atoms with Crippen LogP contribution in [0.4, 0.5) is 0 Å². The molecule has 0 aromatic carbocycles. The van der Waals surface area contributed by atoms with Crippen LogP contribution in [-0.4, -0.2) is 92.7 Å². The van der Waals surface area contributed by atoms with Crippen LogP contribution in [-0.2, 0) is 24.0 Å². The summed E-state index contributed by atoms with van der Waals surface area (Å²) >= 11 is 3.78. The standard InChI is InChI=1S/C15H26N4O9S/c1-6(21)11(14(26)18-9(5-29)15(27)28)19-13(25)8(2-3-10(22)23)17-12(24)7(16)4-20/h6-9,11,20-21,29H,2-5,16H2,1H3,(H,17,24)(H,18,26)(H,19,25)(H,22,23)(H,27,28). The van der Waals surface area contributed by atoms with Crippen LogP contribution in [0, 0.1) is 0 Å². The molecule has 0 aromatic heterocycles. The Hall–Kier alpha value is -2.42. The quantitative estimate of drug-likeness (QED) is 0.127. The van der Waals surface area contributed by atoms with E-state index >= 15 is 0 Å². The highest BCUT2D eigenvalue weighted by molar-refractivity contribution is 7.80. The van der Waals surface area contributed by atoms with Crippen molar-refractivity contribution in [3.05, 3.63) is 0 Å². The smallest absolute Gasteiger partial charge is 0.327 e. The predicted octanol–water partition coefficient (Wildman–Crippen LogP) is -3.98. The summed E-state index contributed by atoms with van der Waals surface area (Å²) in [5, 5.41) is 42.8. The second-order valence-electron chi connectivity index (χ2n) is 6.09. The molecule has 5 atom stereocenters.